The molecule has 0 saturated heterocycles. The summed E-state index contributed by atoms with van der Waals surface area (Å²) in [6.07, 6.45) is 7.56. The SMILES string of the molecule is C=C1C=C(F)C=CN1C(=C)C(=O)NCC1=CC=C(N(CC)CCC(C)c2ccc(OC(F)(F)F)cc2)C(F)=CC1.CCCC(C)C. The molecule has 0 saturated carbocycles. The van der Waals surface area contributed by atoms with E-state index in [0.29, 0.717) is 31.6 Å². The Morgan fingerprint density at radius 1 is 1.09 bits per heavy atom. The fraction of sp³-hybridized carbons (Fsp3) is 0.417. The van der Waals surface area contributed by atoms with Crippen LogP contribution in [0.1, 0.15) is 71.8 Å². The number of hydrogen-bond acceptors (Lipinski definition) is 4. The quantitative estimate of drug-likeness (QED) is 0.171. The summed E-state index contributed by atoms with van der Waals surface area (Å²) in [7, 11) is 0. The first-order valence-electron chi connectivity index (χ1n) is 15.5. The molecule has 1 aliphatic carbocycles. The molecule has 0 bridgehead atoms. The van der Waals surface area contributed by atoms with E-state index in [2.05, 4.69) is 44.0 Å². The van der Waals surface area contributed by atoms with Crippen molar-refractivity contribution in [2.75, 3.05) is 19.6 Å². The number of ether oxygens (including phenoxy) is 1. The lowest BCUT2D eigenvalue weighted by atomic mass is 9.97. The monoisotopic (exact) mass is 647 g/mol. The number of likely N-dealkylation sites (N-methyl/N-ethyl adjacent to an activating group) is 1. The summed E-state index contributed by atoms with van der Waals surface area (Å²) >= 11 is 0. The predicted octanol–water partition coefficient (Wildman–Crippen LogP) is 9.74. The molecule has 1 aromatic carbocycles. The molecule has 5 nitrogen and oxygen atoms in total. The minimum Gasteiger partial charge on any atom is -0.406 e. The van der Waals surface area contributed by atoms with Crippen molar-refractivity contribution in [2.45, 2.75) is 72.6 Å². The predicted molar refractivity (Wildman–Crippen MR) is 175 cm³/mol. The Kier molecular flexibility index (Phi) is 15.0. The van der Waals surface area contributed by atoms with Crippen LogP contribution in [0.2, 0.25) is 0 Å². The van der Waals surface area contributed by atoms with Crippen LogP contribution >= 0.6 is 0 Å². The van der Waals surface area contributed by atoms with Gasteiger partial charge in [0.05, 0.1) is 5.70 Å². The van der Waals surface area contributed by atoms with E-state index in [1.807, 2.05) is 18.7 Å². The van der Waals surface area contributed by atoms with Crippen LogP contribution in [0.15, 0.2) is 108 Å². The lowest BCUT2D eigenvalue weighted by Gasteiger charge is -2.26. The number of alkyl halides is 3. The summed E-state index contributed by atoms with van der Waals surface area (Å²) in [6, 6.07) is 5.75. The Morgan fingerprint density at radius 3 is 2.30 bits per heavy atom. The van der Waals surface area contributed by atoms with E-state index in [0.717, 1.165) is 17.1 Å². The van der Waals surface area contributed by atoms with Crippen molar-refractivity contribution < 1.29 is 31.5 Å². The highest BCUT2D eigenvalue weighted by molar-refractivity contribution is 5.93. The van der Waals surface area contributed by atoms with E-state index in [1.54, 1.807) is 24.3 Å². The molecule has 1 heterocycles. The lowest BCUT2D eigenvalue weighted by Crippen LogP contribution is -2.33. The van der Waals surface area contributed by atoms with Crippen molar-refractivity contribution in [2.24, 2.45) is 5.92 Å². The van der Waals surface area contributed by atoms with Gasteiger partial charge in [0, 0.05) is 31.5 Å². The van der Waals surface area contributed by atoms with Gasteiger partial charge in [-0.25, -0.2) is 8.78 Å². The van der Waals surface area contributed by atoms with Crippen LogP contribution in [-0.4, -0.2) is 41.7 Å². The average molecular weight is 648 g/mol. The van der Waals surface area contributed by atoms with Crippen molar-refractivity contribution in [1.29, 1.82) is 0 Å². The number of amides is 1. The van der Waals surface area contributed by atoms with E-state index >= 15 is 4.39 Å². The maximum atomic E-state index is 15.0. The Hall–Kier alpha value is -4.08. The van der Waals surface area contributed by atoms with Gasteiger partial charge < -0.3 is 19.9 Å². The van der Waals surface area contributed by atoms with Gasteiger partial charge in [0.2, 0.25) is 0 Å². The van der Waals surface area contributed by atoms with Gasteiger partial charge in [-0.05, 0) is 79.2 Å². The third kappa shape index (κ3) is 12.7. The second-order valence-corrected chi connectivity index (χ2v) is 11.5. The number of allylic oxidation sites excluding steroid dienone is 7. The first-order valence-corrected chi connectivity index (χ1v) is 15.5. The maximum Gasteiger partial charge on any atom is 0.573 e. The molecule has 1 aliphatic heterocycles. The molecule has 3 rings (SSSR count). The molecule has 1 unspecified atom stereocenters. The van der Waals surface area contributed by atoms with Gasteiger partial charge >= 0.3 is 6.36 Å². The molecule has 0 spiro atoms. The first kappa shape index (κ1) is 38.1. The fourth-order valence-electron chi connectivity index (χ4n) is 4.78. The Morgan fingerprint density at radius 2 is 1.76 bits per heavy atom. The molecule has 1 N–H and O–H groups in total. The molecule has 1 amide bonds. The van der Waals surface area contributed by atoms with Crippen LogP contribution in [0.3, 0.4) is 0 Å². The Labute approximate surface area is 270 Å². The summed E-state index contributed by atoms with van der Waals surface area (Å²) < 4.78 is 69.5. The molecule has 0 aromatic heterocycles. The maximum absolute atomic E-state index is 15.0. The number of nitrogens with zero attached hydrogens (tertiary/aromatic N) is 2. The zero-order valence-electron chi connectivity index (χ0n) is 27.4. The largest absolute Gasteiger partial charge is 0.573 e. The third-order valence-electron chi connectivity index (χ3n) is 7.39. The highest BCUT2D eigenvalue weighted by Gasteiger charge is 2.31. The zero-order chi connectivity index (χ0) is 34.4. The normalized spacial score (nSPS) is 15.5. The van der Waals surface area contributed by atoms with E-state index in [9.17, 15) is 22.4 Å². The van der Waals surface area contributed by atoms with Gasteiger partial charge in [0.15, 0.2) is 0 Å². The number of hydrogen-bond donors (Lipinski definition) is 1. The van der Waals surface area contributed by atoms with Crippen LogP contribution in [0.4, 0.5) is 22.0 Å². The van der Waals surface area contributed by atoms with E-state index in [4.69, 9.17) is 0 Å². The molecular weight excluding hydrogens is 601 g/mol. The van der Waals surface area contributed by atoms with Crippen molar-refractivity contribution >= 4 is 5.91 Å². The average Bonchev–Trinajstić information content (AvgIpc) is 3.17. The van der Waals surface area contributed by atoms with Crippen LogP contribution < -0.4 is 10.1 Å². The van der Waals surface area contributed by atoms with Crippen molar-refractivity contribution in [3.8, 4) is 5.75 Å². The molecule has 2 aliphatic rings. The lowest BCUT2D eigenvalue weighted by molar-refractivity contribution is -0.274. The minimum absolute atomic E-state index is 0.0136. The minimum atomic E-state index is -4.74. The van der Waals surface area contributed by atoms with Gasteiger partial charge in [0.25, 0.3) is 5.91 Å². The van der Waals surface area contributed by atoms with Crippen LogP contribution in [0.5, 0.6) is 5.75 Å². The van der Waals surface area contributed by atoms with Crippen molar-refractivity contribution in [3.05, 3.63) is 114 Å². The van der Waals surface area contributed by atoms with Crippen LogP contribution in [0, 0.1) is 5.92 Å². The fourth-order valence-corrected chi connectivity index (χ4v) is 4.78. The van der Waals surface area contributed by atoms with E-state index < -0.39 is 18.1 Å². The number of carbonyl (C=O) groups is 1. The molecule has 252 valence electrons. The highest BCUT2D eigenvalue weighted by Crippen LogP contribution is 2.28. The van der Waals surface area contributed by atoms with Gasteiger partial charge in [-0.15, -0.1) is 13.2 Å². The summed E-state index contributed by atoms with van der Waals surface area (Å²) in [6.45, 7) is 19.3. The van der Waals surface area contributed by atoms with Crippen LogP contribution in [0.25, 0.3) is 0 Å². The molecule has 10 heteroatoms. The first-order chi connectivity index (χ1) is 21.6. The molecule has 0 fully saturated rings. The number of carbonyl (C=O) groups excluding carboxylic acids is 1. The van der Waals surface area contributed by atoms with Gasteiger partial charge in [-0.3, -0.25) is 4.79 Å². The smallest absolute Gasteiger partial charge is 0.406 e. The zero-order valence-corrected chi connectivity index (χ0v) is 27.4. The molecule has 1 aromatic rings. The topological polar surface area (TPSA) is 44.8 Å². The second-order valence-electron chi connectivity index (χ2n) is 11.5. The third-order valence-corrected chi connectivity index (χ3v) is 7.39. The van der Waals surface area contributed by atoms with E-state index in [1.165, 1.54) is 54.3 Å². The molecule has 1 atom stereocenters. The Bertz CT molecular complexity index is 1350. The molecule has 46 heavy (non-hydrogen) atoms. The van der Waals surface area contributed by atoms with E-state index in [-0.39, 0.29) is 35.4 Å². The number of nitrogens with one attached hydrogen (secondary N) is 1. The standard InChI is InChI=1S/C30H32F5N3O2.C6H14/c1-5-37(16-14-20(2)24-8-10-26(11-9-24)40-30(33,34)35)28-13-7-23(6-12-27(28)32)19-36-29(39)22(4)38-17-15-25(31)18-21(38)3;1-4-5-6(2)3/h7-13,15,17-18,20H,3-6,14,16,19H2,1-2H3,(H,36,39);6H,4-5H2,1-3H3. The number of halogens is 5. The number of rotatable bonds is 13. The van der Waals surface area contributed by atoms with Crippen molar-refractivity contribution in [3.63, 3.8) is 0 Å². The molecular formula is C36H46F5N3O2. The second kappa shape index (κ2) is 18.2. The summed E-state index contributed by atoms with van der Waals surface area (Å²) in [5.74, 6) is -0.691. The van der Waals surface area contributed by atoms with Gasteiger partial charge in [-0.2, -0.15) is 0 Å². The summed E-state index contributed by atoms with van der Waals surface area (Å²) in [5.41, 5.74) is 2.38. The summed E-state index contributed by atoms with van der Waals surface area (Å²) in [5, 5.41) is 2.75. The van der Waals surface area contributed by atoms with Crippen LogP contribution in [-0.2, 0) is 4.79 Å². The summed E-state index contributed by atoms with van der Waals surface area (Å²) in [4.78, 5) is 15.9. The van der Waals surface area contributed by atoms with Crippen molar-refractivity contribution in [1.82, 2.24) is 15.1 Å². The Balaban J connectivity index is 0.00000112. The number of benzene rings is 1. The highest BCUT2D eigenvalue weighted by atomic mass is 19.4. The molecule has 0 radical (unpaired) electrons. The van der Waals surface area contributed by atoms with Gasteiger partial charge in [-0.1, -0.05) is 71.9 Å². The van der Waals surface area contributed by atoms with Gasteiger partial charge in [0.1, 0.15) is 23.1 Å².